The van der Waals surface area contributed by atoms with E-state index in [0.29, 0.717) is 6.54 Å². The summed E-state index contributed by atoms with van der Waals surface area (Å²) in [5, 5.41) is 2.85. The molecule has 0 aliphatic carbocycles. The van der Waals surface area contributed by atoms with Crippen LogP contribution in [0.25, 0.3) is 0 Å². The summed E-state index contributed by atoms with van der Waals surface area (Å²) >= 11 is 0. The third-order valence-electron chi connectivity index (χ3n) is 3.09. The molecule has 0 aliphatic rings. The molecule has 0 fully saturated rings. The van der Waals surface area contributed by atoms with Crippen LogP contribution in [0, 0.1) is 12.8 Å². The first-order valence-corrected chi connectivity index (χ1v) is 6.66. The predicted octanol–water partition coefficient (Wildman–Crippen LogP) is 1.86. The van der Waals surface area contributed by atoms with Gasteiger partial charge in [-0.25, -0.2) is 0 Å². The Morgan fingerprint density at radius 1 is 1.37 bits per heavy atom. The van der Waals surface area contributed by atoms with Gasteiger partial charge in [0.1, 0.15) is 11.9 Å². The number of amides is 1. The van der Waals surface area contributed by atoms with Crippen molar-refractivity contribution in [2.24, 2.45) is 11.7 Å². The highest BCUT2D eigenvalue weighted by molar-refractivity contribution is 5.78. The van der Waals surface area contributed by atoms with Crippen molar-refractivity contribution in [2.45, 2.75) is 39.8 Å². The quantitative estimate of drug-likeness (QED) is 0.824. The van der Waals surface area contributed by atoms with Gasteiger partial charge in [-0.2, -0.15) is 0 Å². The van der Waals surface area contributed by atoms with Crippen molar-refractivity contribution in [1.82, 2.24) is 5.32 Å². The van der Waals surface area contributed by atoms with Gasteiger partial charge in [-0.1, -0.05) is 19.1 Å². The first-order chi connectivity index (χ1) is 8.90. The third kappa shape index (κ3) is 5.30. The van der Waals surface area contributed by atoms with Crippen molar-refractivity contribution in [2.75, 3.05) is 6.54 Å². The van der Waals surface area contributed by atoms with Crippen LogP contribution in [-0.4, -0.2) is 24.6 Å². The second kappa shape index (κ2) is 7.14. The lowest BCUT2D eigenvalue weighted by atomic mass is 10.0. The van der Waals surface area contributed by atoms with Crippen LogP contribution in [0.5, 0.6) is 5.75 Å². The maximum Gasteiger partial charge on any atom is 0.224 e. The largest absolute Gasteiger partial charge is 0.489 e. The van der Waals surface area contributed by atoms with Gasteiger partial charge >= 0.3 is 0 Å². The molecule has 1 aromatic rings. The highest BCUT2D eigenvalue weighted by Crippen LogP contribution is 2.13. The van der Waals surface area contributed by atoms with Gasteiger partial charge in [0.15, 0.2) is 0 Å². The minimum atomic E-state index is -0.189. The Kier molecular flexibility index (Phi) is 5.83. The summed E-state index contributed by atoms with van der Waals surface area (Å²) in [4.78, 5) is 11.7. The van der Waals surface area contributed by atoms with E-state index < -0.39 is 0 Å². The fourth-order valence-corrected chi connectivity index (χ4v) is 1.61. The first-order valence-electron chi connectivity index (χ1n) is 6.66. The van der Waals surface area contributed by atoms with Crippen LogP contribution in [-0.2, 0) is 4.79 Å². The summed E-state index contributed by atoms with van der Waals surface area (Å²) in [6.45, 7) is 8.08. The Hall–Kier alpha value is -1.55. The van der Waals surface area contributed by atoms with E-state index in [1.807, 2.05) is 52.0 Å². The van der Waals surface area contributed by atoms with Crippen LogP contribution >= 0.6 is 0 Å². The maximum atomic E-state index is 11.7. The number of carbonyl (C=O) groups is 1. The molecule has 3 atom stereocenters. The fourth-order valence-electron chi connectivity index (χ4n) is 1.61. The first kappa shape index (κ1) is 15.5. The van der Waals surface area contributed by atoms with E-state index in [1.54, 1.807) is 0 Å². The lowest BCUT2D eigenvalue weighted by molar-refractivity contribution is -0.125. The second-order valence-corrected chi connectivity index (χ2v) is 5.14. The van der Waals surface area contributed by atoms with Crippen LogP contribution in [0.1, 0.15) is 26.3 Å². The molecular weight excluding hydrogens is 240 g/mol. The number of hydrogen-bond donors (Lipinski definition) is 2. The molecule has 106 valence electrons. The number of nitrogens with one attached hydrogen (secondary N) is 1. The molecule has 4 nitrogen and oxygen atoms in total. The normalized spacial score (nSPS) is 15.4. The van der Waals surface area contributed by atoms with E-state index in [-0.39, 0.29) is 24.0 Å². The van der Waals surface area contributed by atoms with E-state index in [0.717, 1.165) is 11.3 Å². The molecule has 19 heavy (non-hydrogen) atoms. The molecule has 0 heterocycles. The molecular formula is C15H24N2O2. The van der Waals surface area contributed by atoms with E-state index in [1.165, 1.54) is 0 Å². The predicted molar refractivity (Wildman–Crippen MR) is 77.1 cm³/mol. The smallest absolute Gasteiger partial charge is 0.224 e. The van der Waals surface area contributed by atoms with Crippen molar-refractivity contribution in [3.63, 3.8) is 0 Å². The lowest BCUT2D eigenvalue weighted by Gasteiger charge is -2.19. The second-order valence-electron chi connectivity index (χ2n) is 5.14. The molecule has 0 saturated heterocycles. The molecule has 1 amide bonds. The van der Waals surface area contributed by atoms with Gasteiger partial charge in [0.2, 0.25) is 5.91 Å². The molecule has 1 aromatic carbocycles. The molecule has 0 aromatic heterocycles. The Morgan fingerprint density at radius 3 is 2.63 bits per heavy atom. The third-order valence-corrected chi connectivity index (χ3v) is 3.09. The molecule has 0 saturated carbocycles. The zero-order valence-electron chi connectivity index (χ0n) is 12.1. The average molecular weight is 264 g/mol. The molecule has 0 aliphatic heterocycles. The summed E-state index contributed by atoms with van der Waals surface area (Å²) in [5.74, 6) is 0.600. The van der Waals surface area contributed by atoms with Gasteiger partial charge in [-0.05, 0) is 38.5 Å². The zero-order chi connectivity index (χ0) is 14.4. The van der Waals surface area contributed by atoms with Crippen LogP contribution in [0.4, 0.5) is 0 Å². The topological polar surface area (TPSA) is 64.3 Å². The van der Waals surface area contributed by atoms with E-state index >= 15 is 0 Å². The highest BCUT2D eigenvalue weighted by Gasteiger charge is 2.17. The number of benzene rings is 1. The van der Waals surface area contributed by atoms with Crippen molar-refractivity contribution in [3.8, 4) is 5.75 Å². The van der Waals surface area contributed by atoms with Crippen LogP contribution < -0.4 is 15.8 Å². The summed E-state index contributed by atoms with van der Waals surface area (Å²) in [6, 6.07) is 7.71. The molecule has 0 radical (unpaired) electrons. The monoisotopic (exact) mass is 264 g/mol. The zero-order valence-corrected chi connectivity index (χ0v) is 12.1. The van der Waals surface area contributed by atoms with Gasteiger partial charge in [-0.3, -0.25) is 4.79 Å². The van der Waals surface area contributed by atoms with Gasteiger partial charge in [0.05, 0.1) is 6.54 Å². The Labute approximate surface area is 115 Å². The fraction of sp³-hybridized carbons (Fsp3) is 0.533. The average Bonchev–Trinajstić information content (AvgIpc) is 2.34. The Bertz CT molecular complexity index is 418. The maximum absolute atomic E-state index is 11.7. The number of ether oxygens (including phenoxy) is 1. The number of hydrogen-bond acceptors (Lipinski definition) is 3. The molecule has 3 N–H and O–H groups in total. The van der Waals surface area contributed by atoms with E-state index in [9.17, 15) is 4.79 Å². The van der Waals surface area contributed by atoms with Crippen LogP contribution in [0.15, 0.2) is 24.3 Å². The van der Waals surface area contributed by atoms with E-state index in [2.05, 4.69) is 5.32 Å². The molecule has 0 bridgehead atoms. The van der Waals surface area contributed by atoms with E-state index in [4.69, 9.17) is 10.5 Å². The van der Waals surface area contributed by atoms with Gasteiger partial charge in [0.25, 0.3) is 0 Å². The summed E-state index contributed by atoms with van der Waals surface area (Å²) in [5.41, 5.74) is 6.84. The van der Waals surface area contributed by atoms with Crippen LogP contribution in [0.2, 0.25) is 0 Å². The van der Waals surface area contributed by atoms with Crippen molar-refractivity contribution < 1.29 is 9.53 Å². The lowest BCUT2D eigenvalue weighted by Crippen LogP contribution is -2.42. The minimum absolute atomic E-state index is 0.0327. The number of aryl methyl sites for hydroxylation is 1. The molecule has 4 heteroatoms. The Balaban J connectivity index is 2.40. The SMILES string of the molecule is Cc1cccc(OC(C)CNC(=O)C(C)C(C)N)c1. The molecule has 1 rings (SSSR count). The number of nitrogens with two attached hydrogens (primary N) is 1. The number of rotatable bonds is 6. The van der Waals surface area contributed by atoms with Gasteiger partial charge < -0.3 is 15.8 Å². The summed E-state index contributed by atoms with van der Waals surface area (Å²) < 4.78 is 5.74. The van der Waals surface area contributed by atoms with Crippen molar-refractivity contribution in [3.05, 3.63) is 29.8 Å². The number of carbonyl (C=O) groups excluding carboxylic acids is 1. The van der Waals surface area contributed by atoms with Gasteiger partial charge in [-0.15, -0.1) is 0 Å². The molecule has 0 spiro atoms. The minimum Gasteiger partial charge on any atom is -0.489 e. The summed E-state index contributed by atoms with van der Waals surface area (Å²) in [7, 11) is 0. The summed E-state index contributed by atoms with van der Waals surface area (Å²) in [6.07, 6.45) is -0.0777. The van der Waals surface area contributed by atoms with Crippen molar-refractivity contribution in [1.29, 1.82) is 0 Å². The van der Waals surface area contributed by atoms with Gasteiger partial charge in [0, 0.05) is 12.0 Å². The van der Waals surface area contributed by atoms with Crippen molar-refractivity contribution >= 4 is 5.91 Å². The highest BCUT2D eigenvalue weighted by atomic mass is 16.5. The standard InChI is InChI=1S/C15H24N2O2/c1-10-6-5-7-14(8-10)19-11(2)9-17-15(18)12(3)13(4)16/h5-8,11-13H,9,16H2,1-4H3,(H,17,18). The molecule has 3 unspecified atom stereocenters. The van der Waals surface area contributed by atoms with Crippen LogP contribution in [0.3, 0.4) is 0 Å². The Morgan fingerprint density at radius 2 is 2.05 bits per heavy atom.